The highest BCUT2D eigenvalue weighted by Gasteiger charge is 2.16. The average Bonchev–Trinajstić information content (AvgIpc) is 2.72. The average molecular weight is 242 g/mol. The Balaban J connectivity index is 2.20. The summed E-state index contributed by atoms with van der Waals surface area (Å²) in [6.45, 7) is 1.62. The van der Waals surface area contributed by atoms with Crippen molar-refractivity contribution in [1.29, 1.82) is 0 Å². The van der Waals surface area contributed by atoms with Gasteiger partial charge < -0.3 is 10.4 Å². The summed E-state index contributed by atoms with van der Waals surface area (Å²) in [7, 11) is 0. The molecule has 0 fully saturated rings. The Kier molecular flexibility index (Phi) is 3.19. The third-order valence-electron chi connectivity index (χ3n) is 2.31. The van der Waals surface area contributed by atoms with Crippen LogP contribution in [0.5, 0.6) is 0 Å². The normalized spacial score (nSPS) is 13.2. The molecule has 7 heteroatoms. The van der Waals surface area contributed by atoms with Crippen molar-refractivity contribution >= 4 is 11.5 Å². The van der Waals surface area contributed by atoms with Crippen LogP contribution in [-0.2, 0) is 0 Å². The van der Waals surface area contributed by atoms with E-state index < -0.39 is 12.5 Å². The van der Waals surface area contributed by atoms with Gasteiger partial charge in [0.2, 0.25) is 0 Å². The lowest BCUT2D eigenvalue weighted by atomic mass is 10.3. The number of alkyl halides is 2. The molecular weight excluding hydrogens is 230 g/mol. The van der Waals surface area contributed by atoms with E-state index in [2.05, 4.69) is 15.4 Å². The van der Waals surface area contributed by atoms with Crippen LogP contribution < -0.4 is 5.32 Å². The fourth-order valence-corrected chi connectivity index (χ4v) is 1.48. The Morgan fingerprint density at radius 2 is 2.24 bits per heavy atom. The van der Waals surface area contributed by atoms with Crippen molar-refractivity contribution in [2.75, 3.05) is 11.9 Å². The molecule has 1 atom stereocenters. The predicted octanol–water partition coefficient (Wildman–Crippen LogP) is 1.08. The fraction of sp³-hybridized carbons (Fsp3) is 0.400. The molecule has 2 heterocycles. The molecule has 5 nitrogen and oxygen atoms in total. The molecule has 0 aliphatic heterocycles. The molecule has 0 aliphatic carbocycles. The minimum absolute atomic E-state index is 0.240. The number of fused-ring (bicyclic) bond motifs is 1. The van der Waals surface area contributed by atoms with Gasteiger partial charge in [0.25, 0.3) is 6.43 Å². The van der Waals surface area contributed by atoms with Crippen LogP contribution in [0.2, 0.25) is 0 Å². The predicted molar refractivity (Wildman–Crippen MR) is 58.2 cm³/mol. The lowest BCUT2D eigenvalue weighted by Crippen LogP contribution is -2.27. The lowest BCUT2D eigenvalue weighted by molar-refractivity contribution is 0.00379. The van der Waals surface area contributed by atoms with E-state index in [0.717, 1.165) is 5.56 Å². The number of aryl methyl sites for hydroxylation is 1. The van der Waals surface area contributed by atoms with Crippen molar-refractivity contribution in [3.05, 3.63) is 24.0 Å². The summed E-state index contributed by atoms with van der Waals surface area (Å²) >= 11 is 0. The van der Waals surface area contributed by atoms with Gasteiger partial charge in [-0.25, -0.2) is 13.8 Å². The maximum absolute atomic E-state index is 12.1. The first-order valence-electron chi connectivity index (χ1n) is 5.08. The van der Waals surface area contributed by atoms with Gasteiger partial charge in [-0.2, -0.15) is 9.61 Å². The van der Waals surface area contributed by atoms with Crippen LogP contribution in [0.15, 0.2) is 18.5 Å². The van der Waals surface area contributed by atoms with E-state index >= 15 is 0 Å². The van der Waals surface area contributed by atoms with Crippen molar-refractivity contribution in [3.63, 3.8) is 0 Å². The number of hydrogen-bond acceptors (Lipinski definition) is 4. The summed E-state index contributed by atoms with van der Waals surface area (Å²) in [6, 6.07) is 3.57. The molecule has 0 aromatic carbocycles. The second-order valence-corrected chi connectivity index (χ2v) is 3.73. The van der Waals surface area contributed by atoms with E-state index in [4.69, 9.17) is 5.11 Å². The molecule has 2 aromatic rings. The molecule has 0 spiro atoms. The van der Waals surface area contributed by atoms with E-state index in [9.17, 15) is 8.78 Å². The molecule has 0 bridgehead atoms. The number of aliphatic hydroxyl groups is 1. The SMILES string of the molecule is Cc1cc(NCC(O)C(F)F)n2ncnc2c1. The highest BCUT2D eigenvalue weighted by molar-refractivity contribution is 5.51. The second kappa shape index (κ2) is 4.62. The van der Waals surface area contributed by atoms with Crippen molar-refractivity contribution in [1.82, 2.24) is 14.6 Å². The Morgan fingerprint density at radius 1 is 1.47 bits per heavy atom. The van der Waals surface area contributed by atoms with Crippen LogP contribution in [0.25, 0.3) is 5.65 Å². The number of anilines is 1. The van der Waals surface area contributed by atoms with Crippen LogP contribution in [0, 0.1) is 6.92 Å². The topological polar surface area (TPSA) is 62.5 Å². The van der Waals surface area contributed by atoms with Gasteiger partial charge in [0.15, 0.2) is 5.65 Å². The Labute approximate surface area is 96.1 Å². The Bertz CT molecular complexity index is 514. The molecule has 17 heavy (non-hydrogen) atoms. The van der Waals surface area contributed by atoms with Gasteiger partial charge >= 0.3 is 0 Å². The van der Waals surface area contributed by atoms with Crippen LogP contribution in [0.4, 0.5) is 14.6 Å². The standard InChI is InChI=1S/C10H12F2N4O/c1-6-2-8(13-4-7(17)10(11)12)16-9(3-6)14-5-15-16/h2-3,5,7,10,13,17H,4H2,1H3. The van der Waals surface area contributed by atoms with E-state index in [1.165, 1.54) is 10.8 Å². The smallest absolute Gasteiger partial charge is 0.265 e. The zero-order valence-corrected chi connectivity index (χ0v) is 9.14. The quantitative estimate of drug-likeness (QED) is 0.842. The van der Waals surface area contributed by atoms with Crippen LogP contribution in [-0.4, -0.2) is 38.8 Å². The largest absolute Gasteiger partial charge is 0.385 e. The molecule has 92 valence electrons. The van der Waals surface area contributed by atoms with Crippen molar-refractivity contribution in [2.45, 2.75) is 19.5 Å². The zero-order valence-electron chi connectivity index (χ0n) is 9.14. The van der Waals surface area contributed by atoms with Crippen molar-refractivity contribution in [2.24, 2.45) is 0 Å². The molecule has 1 unspecified atom stereocenters. The van der Waals surface area contributed by atoms with Gasteiger partial charge in [-0.05, 0) is 24.6 Å². The van der Waals surface area contributed by atoms with Crippen LogP contribution >= 0.6 is 0 Å². The van der Waals surface area contributed by atoms with Crippen LogP contribution in [0.1, 0.15) is 5.56 Å². The van der Waals surface area contributed by atoms with Crippen LogP contribution in [0.3, 0.4) is 0 Å². The molecule has 0 amide bonds. The van der Waals surface area contributed by atoms with E-state index in [0.29, 0.717) is 11.5 Å². The molecule has 2 N–H and O–H groups in total. The third kappa shape index (κ3) is 2.50. The highest BCUT2D eigenvalue weighted by Crippen LogP contribution is 2.13. The van der Waals surface area contributed by atoms with Gasteiger partial charge in [-0.15, -0.1) is 0 Å². The monoisotopic (exact) mass is 242 g/mol. The molecular formula is C10H12F2N4O. The fourth-order valence-electron chi connectivity index (χ4n) is 1.48. The minimum atomic E-state index is -2.77. The number of aliphatic hydroxyl groups excluding tert-OH is 1. The first kappa shape index (κ1) is 11.7. The molecule has 0 radical (unpaired) electrons. The van der Waals surface area contributed by atoms with Crippen molar-refractivity contribution < 1.29 is 13.9 Å². The number of halogens is 2. The number of pyridine rings is 1. The van der Waals surface area contributed by atoms with Gasteiger partial charge in [0, 0.05) is 6.54 Å². The third-order valence-corrected chi connectivity index (χ3v) is 2.31. The molecule has 0 saturated carbocycles. The minimum Gasteiger partial charge on any atom is -0.385 e. The Hall–Kier alpha value is -1.76. The molecule has 0 aliphatic rings. The second-order valence-electron chi connectivity index (χ2n) is 3.73. The highest BCUT2D eigenvalue weighted by atomic mass is 19.3. The first-order valence-corrected chi connectivity index (χ1v) is 5.08. The summed E-state index contributed by atoms with van der Waals surface area (Å²) in [6.07, 6.45) is -3.09. The summed E-state index contributed by atoms with van der Waals surface area (Å²) in [5.41, 5.74) is 1.55. The van der Waals surface area contributed by atoms with Crippen molar-refractivity contribution in [3.8, 4) is 0 Å². The summed E-state index contributed by atoms with van der Waals surface area (Å²) < 4.78 is 25.8. The summed E-state index contributed by atoms with van der Waals surface area (Å²) in [4.78, 5) is 4.00. The summed E-state index contributed by atoms with van der Waals surface area (Å²) in [5.74, 6) is 0.525. The Morgan fingerprint density at radius 3 is 2.94 bits per heavy atom. The van der Waals surface area contributed by atoms with E-state index in [-0.39, 0.29) is 6.54 Å². The van der Waals surface area contributed by atoms with Gasteiger partial charge in [-0.3, -0.25) is 0 Å². The zero-order chi connectivity index (χ0) is 12.4. The number of hydrogen-bond donors (Lipinski definition) is 2. The number of nitrogens with one attached hydrogen (secondary N) is 1. The van der Waals surface area contributed by atoms with Gasteiger partial charge in [0.05, 0.1) is 0 Å². The number of rotatable bonds is 4. The summed E-state index contributed by atoms with van der Waals surface area (Å²) in [5, 5.41) is 15.7. The van der Waals surface area contributed by atoms with E-state index in [1.54, 1.807) is 6.07 Å². The maximum atomic E-state index is 12.1. The molecule has 2 aromatic heterocycles. The molecule has 2 rings (SSSR count). The van der Waals surface area contributed by atoms with Gasteiger partial charge in [0.1, 0.15) is 18.2 Å². The maximum Gasteiger partial charge on any atom is 0.265 e. The number of nitrogens with zero attached hydrogens (tertiary/aromatic N) is 3. The number of aromatic nitrogens is 3. The van der Waals surface area contributed by atoms with Gasteiger partial charge in [-0.1, -0.05) is 0 Å². The van der Waals surface area contributed by atoms with E-state index in [1.807, 2.05) is 13.0 Å². The molecule has 0 saturated heterocycles. The lowest BCUT2D eigenvalue weighted by Gasteiger charge is -2.12. The first-order chi connectivity index (χ1) is 8.08.